The molecule has 0 amide bonds. The zero-order valence-corrected chi connectivity index (χ0v) is 9.24. The fraction of sp³-hybridized carbons (Fsp3) is 0.750. The third-order valence-electron chi connectivity index (χ3n) is 2.18. The number of alkyl halides is 3. The van der Waals surface area contributed by atoms with Crippen LogP contribution in [0.25, 0.3) is 0 Å². The molecule has 1 heterocycles. The number of rotatable bonds is 3. The first kappa shape index (κ1) is 12.2. The number of nitrogens with one attached hydrogen (secondary N) is 1. The fourth-order valence-electron chi connectivity index (χ4n) is 1.22. The number of aromatic amines is 1. The number of hydrogen-bond acceptors (Lipinski definition) is 2. The molecule has 0 bridgehead atoms. The van der Waals surface area contributed by atoms with E-state index in [0.29, 0.717) is 5.82 Å². The maximum Gasteiger partial charge on any atom is 0.406 e. The molecule has 0 aliphatic carbocycles. The lowest BCUT2D eigenvalue weighted by molar-refractivity contribution is -0.141. The molecule has 0 aliphatic rings. The van der Waals surface area contributed by atoms with Gasteiger partial charge in [0.1, 0.15) is 12.4 Å². The van der Waals surface area contributed by atoms with Crippen LogP contribution < -0.4 is 0 Å². The van der Waals surface area contributed by atoms with Gasteiger partial charge in [0.25, 0.3) is 0 Å². The Morgan fingerprint density at radius 1 is 1.53 bits per heavy atom. The van der Waals surface area contributed by atoms with E-state index in [9.17, 15) is 13.2 Å². The second-order valence-corrected chi connectivity index (χ2v) is 3.78. The zero-order chi connectivity index (χ0) is 11.6. The van der Waals surface area contributed by atoms with Crippen LogP contribution in [-0.2, 0) is 6.54 Å². The molecule has 0 saturated carbocycles. The maximum atomic E-state index is 12.2. The van der Waals surface area contributed by atoms with Gasteiger partial charge in [0.15, 0.2) is 4.77 Å². The minimum Gasteiger partial charge on any atom is -0.295 e. The van der Waals surface area contributed by atoms with Gasteiger partial charge in [0.05, 0.1) is 0 Å². The first-order valence-corrected chi connectivity index (χ1v) is 4.97. The molecule has 15 heavy (non-hydrogen) atoms. The van der Waals surface area contributed by atoms with Crippen molar-refractivity contribution in [3.05, 3.63) is 10.6 Å². The summed E-state index contributed by atoms with van der Waals surface area (Å²) in [5.41, 5.74) is 0. The summed E-state index contributed by atoms with van der Waals surface area (Å²) >= 11 is 4.75. The predicted molar refractivity (Wildman–Crippen MR) is 52.2 cm³/mol. The molecule has 1 rings (SSSR count). The first-order valence-electron chi connectivity index (χ1n) is 4.57. The van der Waals surface area contributed by atoms with Crippen LogP contribution >= 0.6 is 12.2 Å². The molecule has 1 N–H and O–H groups in total. The van der Waals surface area contributed by atoms with Crippen molar-refractivity contribution >= 4 is 12.2 Å². The van der Waals surface area contributed by atoms with Gasteiger partial charge < -0.3 is 0 Å². The first-order chi connectivity index (χ1) is 6.85. The van der Waals surface area contributed by atoms with Gasteiger partial charge in [-0.15, -0.1) is 0 Å². The Morgan fingerprint density at radius 2 is 2.13 bits per heavy atom. The Morgan fingerprint density at radius 3 is 2.60 bits per heavy atom. The predicted octanol–water partition coefficient (Wildman–Crippen LogP) is 3.02. The van der Waals surface area contributed by atoms with Crippen molar-refractivity contribution in [1.29, 1.82) is 0 Å². The van der Waals surface area contributed by atoms with Crippen molar-refractivity contribution in [2.24, 2.45) is 0 Å². The van der Waals surface area contributed by atoms with Crippen LogP contribution in [0.4, 0.5) is 13.2 Å². The van der Waals surface area contributed by atoms with Crippen molar-refractivity contribution in [3.63, 3.8) is 0 Å². The normalized spacial score (nSPS) is 14.2. The Balaban J connectivity index is 3.05. The van der Waals surface area contributed by atoms with Crippen molar-refractivity contribution in [1.82, 2.24) is 14.8 Å². The standard InChI is InChI=1S/C8H12F3N3S/c1-3-5(2)6-12-13-7(15)14(6)4-8(9,10)11/h5H,3-4H2,1-2H3,(H,13,15). The minimum absolute atomic E-state index is 0.0163. The van der Waals surface area contributed by atoms with E-state index in [-0.39, 0.29) is 10.7 Å². The molecule has 0 fully saturated rings. The highest BCUT2D eigenvalue weighted by Gasteiger charge is 2.30. The van der Waals surface area contributed by atoms with E-state index in [1.165, 1.54) is 0 Å². The Labute approximate surface area is 90.3 Å². The molecule has 1 aromatic rings. The highest BCUT2D eigenvalue weighted by atomic mass is 32.1. The lowest BCUT2D eigenvalue weighted by atomic mass is 10.1. The summed E-state index contributed by atoms with van der Waals surface area (Å²) in [6.07, 6.45) is -3.55. The van der Waals surface area contributed by atoms with Crippen LogP contribution in [0.15, 0.2) is 0 Å². The van der Waals surface area contributed by atoms with Crippen LogP contribution in [0.5, 0.6) is 0 Å². The Kier molecular flexibility index (Phi) is 3.54. The number of H-pyrrole nitrogens is 1. The molecule has 7 heteroatoms. The summed E-state index contributed by atoms with van der Waals surface area (Å²) in [5, 5.41) is 6.21. The second kappa shape index (κ2) is 4.34. The van der Waals surface area contributed by atoms with Crippen LogP contribution in [-0.4, -0.2) is 20.9 Å². The SMILES string of the molecule is CCC(C)c1n[nH]c(=S)n1CC(F)(F)F. The van der Waals surface area contributed by atoms with Gasteiger partial charge >= 0.3 is 6.18 Å². The number of hydrogen-bond donors (Lipinski definition) is 1. The summed E-state index contributed by atoms with van der Waals surface area (Å²) in [5.74, 6) is 0.320. The van der Waals surface area contributed by atoms with Gasteiger partial charge in [-0.2, -0.15) is 18.3 Å². The molecule has 1 unspecified atom stereocenters. The van der Waals surface area contributed by atoms with Crippen molar-refractivity contribution < 1.29 is 13.2 Å². The number of aromatic nitrogens is 3. The summed E-state index contributed by atoms with van der Waals surface area (Å²) in [7, 11) is 0. The maximum absolute atomic E-state index is 12.2. The van der Waals surface area contributed by atoms with Crippen LogP contribution in [0.2, 0.25) is 0 Å². The molecule has 0 aliphatic heterocycles. The molecule has 0 saturated heterocycles. The highest BCUT2D eigenvalue weighted by molar-refractivity contribution is 7.71. The van der Waals surface area contributed by atoms with Crippen molar-refractivity contribution in [3.8, 4) is 0 Å². The van der Waals surface area contributed by atoms with Crippen molar-refractivity contribution in [2.45, 2.75) is 38.9 Å². The van der Waals surface area contributed by atoms with E-state index in [1.54, 1.807) is 0 Å². The van der Waals surface area contributed by atoms with Crippen LogP contribution in [0.3, 0.4) is 0 Å². The van der Waals surface area contributed by atoms with Crippen LogP contribution in [0.1, 0.15) is 32.0 Å². The molecule has 0 radical (unpaired) electrons. The molecule has 86 valence electrons. The summed E-state index contributed by atoms with van der Waals surface area (Å²) in [4.78, 5) is 0. The van der Waals surface area contributed by atoms with Crippen LogP contribution in [0, 0.1) is 4.77 Å². The van der Waals surface area contributed by atoms with E-state index in [1.807, 2.05) is 13.8 Å². The largest absolute Gasteiger partial charge is 0.406 e. The molecule has 1 aromatic heterocycles. The number of halogens is 3. The summed E-state index contributed by atoms with van der Waals surface area (Å²) < 4.78 is 37.7. The van der Waals surface area contributed by atoms with E-state index < -0.39 is 12.7 Å². The molecular weight excluding hydrogens is 227 g/mol. The van der Waals surface area contributed by atoms with Crippen molar-refractivity contribution in [2.75, 3.05) is 0 Å². The highest BCUT2D eigenvalue weighted by Crippen LogP contribution is 2.22. The van der Waals surface area contributed by atoms with Gasteiger partial charge in [0.2, 0.25) is 0 Å². The van der Waals surface area contributed by atoms with E-state index in [0.717, 1.165) is 11.0 Å². The number of nitrogens with zero attached hydrogens (tertiary/aromatic N) is 2. The minimum atomic E-state index is -4.27. The quantitative estimate of drug-likeness (QED) is 0.822. The molecule has 0 spiro atoms. The molecule has 1 atom stereocenters. The Hall–Kier alpha value is -0.850. The van der Waals surface area contributed by atoms with E-state index in [2.05, 4.69) is 10.2 Å². The average Bonchev–Trinajstić information content (AvgIpc) is 2.45. The second-order valence-electron chi connectivity index (χ2n) is 3.40. The zero-order valence-electron chi connectivity index (χ0n) is 8.43. The molecule has 0 aromatic carbocycles. The Bertz CT molecular complexity index is 379. The smallest absolute Gasteiger partial charge is 0.295 e. The topological polar surface area (TPSA) is 33.6 Å². The van der Waals surface area contributed by atoms with Gasteiger partial charge in [-0.25, -0.2) is 0 Å². The fourth-order valence-corrected chi connectivity index (χ4v) is 1.42. The van der Waals surface area contributed by atoms with Gasteiger partial charge in [-0.3, -0.25) is 9.67 Å². The molecular formula is C8H12F3N3S. The summed E-state index contributed by atoms with van der Waals surface area (Å²) in [6.45, 7) is 2.63. The monoisotopic (exact) mass is 239 g/mol. The molecule has 3 nitrogen and oxygen atoms in total. The van der Waals surface area contributed by atoms with E-state index >= 15 is 0 Å². The lowest BCUT2D eigenvalue weighted by Gasteiger charge is -2.12. The van der Waals surface area contributed by atoms with Gasteiger partial charge in [0, 0.05) is 5.92 Å². The lowest BCUT2D eigenvalue weighted by Crippen LogP contribution is -2.20. The third-order valence-corrected chi connectivity index (χ3v) is 2.49. The average molecular weight is 239 g/mol. The summed E-state index contributed by atoms with van der Waals surface area (Å²) in [6, 6.07) is 0. The van der Waals surface area contributed by atoms with Gasteiger partial charge in [-0.05, 0) is 18.6 Å². The third kappa shape index (κ3) is 3.05. The van der Waals surface area contributed by atoms with E-state index in [4.69, 9.17) is 12.2 Å². The van der Waals surface area contributed by atoms with Gasteiger partial charge in [-0.1, -0.05) is 13.8 Å².